The Hall–Kier alpha value is -1.83. The molecule has 0 spiro atoms. The lowest BCUT2D eigenvalue weighted by molar-refractivity contribution is -0.144. The Kier molecular flexibility index (Phi) is 7.97. The summed E-state index contributed by atoms with van der Waals surface area (Å²) in [4.78, 5) is 12.2. The van der Waals surface area contributed by atoms with E-state index in [1.165, 1.54) is 57.6 Å². The molecule has 2 nitrogen and oxygen atoms in total. The smallest absolute Gasteiger partial charge is 0.323 e. The molecule has 0 saturated carbocycles. The van der Waals surface area contributed by atoms with Gasteiger partial charge in [-0.25, -0.2) is 0 Å². The summed E-state index contributed by atoms with van der Waals surface area (Å²) < 4.78 is 5.04. The van der Waals surface area contributed by atoms with Crippen LogP contribution in [0.4, 0.5) is 0 Å². The predicted molar refractivity (Wildman–Crippen MR) is 105 cm³/mol. The third-order valence-electron chi connectivity index (χ3n) is 5.01. The van der Waals surface area contributed by atoms with Crippen LogP contribution in [-0.4, -0.2) is 13.1 Å². The van der Waals surface area contributed by atoms with Crippen molar-refractivity contribution in [2.24, 2.45) is 5.41 Å². The highest BCUT2D eigenvalue weighted by Crippen LogP contribution is 2.49. The van der Waals surface area contributed by atoms with Gasteiger partial charge in [-0.3, -0.25) is 4.79 Å². The van der Waals surface area contributed by atoms with Crippen LogP contribution in [0.15, 0.2) is 48.1 Å². The lowest BCUT2D eigenvalue weighted by Gasteiger charge is -2.12. The highest BCUT2D eigenvalue weighted by atomic mass is 16.5. The molecule has 0 N–H and O–H groups in total. The van der Waals surface area contributed by atoms with Crippen LogP contribution in [0.1, 0.15) is 70.3 Å². The number of carbonyl (C=O) groups is 1. The largest absolute Gasteiger partial charge is 0.468 e. The van der Waals surface area contributed by atoms with Crippen LogP contribution in [0, 0.1) is 5.41 Å². The van der Waals surface area contributed by atoms with E-state index in [2.05, 4.69) is 13.0 Å². The second kappa shape index (κ2) is 10.2. The number of carbonyl (C=O) groups excluding carboxylic acids is 1. The molecule has 0 radical (unpaired) electrons. The summed E-state index contributed by atoms with van der Waals surface area (Å²) in [5.74, 6) is -0.158. The third kappa shape index (κ3) is 5.88. The molecule has 0 amide bonds. The number of benzene rings is 1. The van der Waals surface area contributed by atoms with Gasteiger partial charge in [0.1, 0.15) is 5.41 Å². The minimum absolute atomic E-state index is 0.158. The predicted octanol–water partition coefficient (Wildman–Crippen LogP) is 6.33. The molecule has 1 aromatic carbocycles. The minimum Gasteiger partial charge on any atom is -0.468 e. The van der Waals surface area contributed by atoms with Gasteiger partial charge in [-0.05, 0) is 24.0 Å². The second-order valence-electron chi connectivity index (χ2n) is 7.00. The van der Waals surface area contributed by atoms with Crippen molar-refractivity contribution >= 4 is 12.0 Å². The van der Waals surface area contributed by atoms with Gasteiger partial charge in [-0.1, -0.05) is 100 Å². The molecule has 2 heteroatoms. The first-order valence-corrected chi connectivity index (χ1v) is 9.78. The van der Waals surface area contributed by atoms with Crippen LogP contribution in [0.25, 0.3) is 6.08 Å². The monoisotopic (exact) mass is 340 g/mol. The second-order valence-corrected chi connectivity index (χ2v) is 7.00. The maximum atomic E-state index is 12.2. The quantitative estimate of drug-likeness (QED) is 0.252. The number of rotatable bonds is 12. The highest BCUT2D eigenvalue weighted by molar-refractivity contribution is 5.92. The van der Waals surface area contributed by atoms with Gasteiger partial charge < -0.3 is 4.74 Å². The number of methoxy groups -OCH3 is 1. The standard InChI is InChI=1S/C23H32O2/c1-3-4-5-6-7-8-9-13-16-21-19-23(21,22(24)25-2)18-17-20-14-11-10-12-15-20/h10-12,14-15,17-19H,3-9,13,16H2,1-2H3/b18-17+/t23-/m0/s1. The lowest BCUT2D eigenvalue weighted by atomic mass is 9.95. The Morgan fingerprint density at radius 3 is 2.28 bits per heavy atom. The fraction of sp³-hybridized carbons (Fsp3) is 0.522. The van der Waals surface area contributed by atoms with E-state index < -0.39 is 5.41 Å². The molecule has 0 heterocycles. The van der Waals surface area contributed by atoms with Crippen LogP contribution in [0.2, 0.25) is 0 Å². The molecule has 1 aromatic rings. The molecule has 0 aromatic heterocycles. The van der Waals surface area contributed by atoms with Crippen molar-refractivity contribution < 1.29 is 9.53 Å². The first kappa shape index (κ1) is 19.5. The zero-order valence-electron chi connectivity index (χ0n) is 15.8. The average Bonchev–Trinajstić information content (AvgIpc) is 3.37. The minimum atomic E-state index is -0.578. The molecule has 0 unspecified atom stereocenters. The summed E-state index contributed by atoms with van der Waals surface area (Å²) in [5.41, 5.74) is 1.75. The van der Waals surface area contributed by atoms with E-state index in [1.807, 2.05) is 42.5 Å². The Labute approximate surface area is 153 Å². The molecule has 1 atom stereocenters. The molecule has 136 valence electrons. The Morgan fingerprint density at radius 2 is 1.64 bits per heavy atom. The molecule has 0 saturated heterocycles. The number of esters is 1. The van der Waals surface area contributed by atoms with Gasteiger partial charge in [0.2, 0.25) is 0 Å². The molecule has 0 aliphatic heterocycles. The molecule has 25 heavy (non-hydrogen) atoms. The van der Waals surface area contributed by atoms with E-state index in [0.29, 0.717) is 0 Å². The molecular weight excluding hydrogens is 308 g/mol. The summed E-state index contributed by atoms with van der Waals surface area (Å²) in [5, 5.41) is 0. The molecular formula is C23H32O2. The van der Waals surface area contributed by atoms with E-state index >= 15 is 0 Å². The SMILES string of the molecule is CCCCCCCCCCC1=C[C@]1(/C=C/c1ccccc1)C(=O)OC. The van der Waals surface area contributed by atoms with Gasteiger partial charge in [0.05, 0.1) is 7.11 Å². The van der Waals surface area contributed by atoms with Crippen molar-refractivity contribution in [2.45, 2.75) is 64.7 Å². The van der Waals surface area contributed by atoms with Gasteiger partial charge in [-0.15, -0.1) is 0 Å². The summed E-state index contributed by atoms with van der Waals surface area (Å²) in [6.45, 7) is 2.25. The zero-order valence-corrected chi connectivity index (χ0v) is 15.8. The van der Waals surface area contributed by atoms with Gasteiger partial charge in [0.25, 0.3) is 0 Å². The number of unbranched alkanes of at least 4 members (excludes halogenated alkanes) is 7. The first-order valence-electron chi connectivity index (χ1n) is 9.78. The van der Waals surface area contributed by atoms with Crippen LogP contribution in [0.5, 0.6) is 0 Å². The fourth-order valence-corrected chi connectivity index (χ4v) is 3.34. The van der Waals surface area contributed by atoms with Crippen molar-refractivity contribution in [3.8, 4) is 0 Å². The van der Waals surface area contributed by atoms with Crippen molar-refractivity contribution in [3.05, 3.63) is 53.6 Å². The number of ether oxygens (including phenoxy) is 1. The molecule has 1 aliphatic carbocycles. The Morgan fingerprint density at radius 1 is 1.00 bits per heavy atom. The maximum absolute atomic E-state index is 12.2. The summed E-state index contributed by atoms with van der Waals surface area (Å²) in [7, 11) is 1.47. The molecule has 1 aliphatic rings. The topological polar surface area (TPSA) is 26.3 Å². The van der Waals surface area contributed by atoms with Crippen molar-refractivity contribution in [1.29, 1.82) is 0 Å². The van der Waals surface area contributed by atoms with E-state index in [1.54, 1.807) is 0 Å². The van der Waals surface area contributed by atoms with Gasteiger partial charge in [-0.2, -0.15) is 0 Å². The van der Waals surface area contributed by atoms with Crippen LogP contribution in [-0.2, 0) is 9.53 Å². The summed E-state index contributed by atoms with van der Waals surface area (Å²) >= 11 is 0. The fourth-order valence-electron chi connectivity index (χ4n) is 3.34. The third-order valence-corrected chi connectivity index (χ3v) is 5.01. The summed E-state index contributed by atoms with van der Waals surface area (Å²) in [6.07, 6.45) is 17.6. The van der Waals surface area contributed by atoms with Crippen molar-refractivity contribution in [3.63, 3.8) is 0 Å². The van der Waals surface area contributed by atoms with Crippen LogP contribution < -0.4 is 0 Å². The van der Waals surface area contributed by atoms with E-state index in [4.69, 9.17) is 4.74 Å². The Balaban J connectivity index is 1.75. The normalized spacial score (nSPS) is 19.0. The molecule has 0 fully saturated rings. The van der Waals surface area contributed by atoms with Gasteiger partial charge in [0.15, 0.2) is 0 Å². The maximum Gasteiger partial charge on any atom is 0.323 e. The van der Waals surface area contributed by atoms with Crippen LogP contribution in [0.3, 0.4) is 0 Å². The highest BCUT2D eigenvalue weighted by Gasteiger charge is 2.49. The number of hydrogen-bond donors (Lipinski definition) is 0. The molecule has 0 bridgehead atoms. The van der Waals surface area contributed by atoms with Crippen LogP contribution >= 0.6 is 0 Å². The van der Waals surface area contributed by atoms with Gasteiger partial charge in [0, 0.05) is 0 Å². The van der Waals surface area contributed by atoms with Gasteiger partial charge >= 0.3 is 5.97 Å². The van der Waals surface area contributed by atoms with E-state index in [-0.39, 0.29) is 5.97 Å². The lowest BCUT2D eigenvalue weighted by Crippen LogP contribution is -2.18. The molecule has 2 rings (SSSR count). The average molecular weight is 341 g/mol. The van der Waals surface area contributed by atoms with Crippen molar-refractivity contribution in [2.75, 3.05) is 7.11 Å². The van der Waals surface area contributed by atoms with E-state index in [0.717, 1.165) is 18.4 Å². The zero-order chi connectivity index (χ0) is 18.0. The Bertz CT molecular complexity index is 585. The number of hydrogen-bond acceptors (Lipinski definition) is 2. The van der Waals surface area contributed by atoms with E-state index in [9.17, 15) is 4.79 Å². The first-order chi connectivity index (χ1) is 12.2. The van der Waals surface area contributed by atoms with Crippen molar-refractivity contribution in [1.82, 2.24) is 0 Å². The summed E-state index contributed by atoms with van der Waals surface area (Å²) in [6, 6.07) is 10.1.